The maximum absolute atomic E-state index is 14.2. The van der Waals surface area contributed by atoms with E-state index in [0.29, 0.717) is 28.3 Å². The number of imide groups is 1. The van der Waals surface area contributed by atoms with Gasteiger partial charge in [0.15, 0.2) is 0 Å². The normalized spacial score (nSPS) is 16.8. The van der Waals surface area contributed by atoms with Gasteiger partial charge in [0.05, 0.1) is 24.6 Å². The van der Waals surface area contributed by atoms with Crippen LogP contribution in [0.5, 0.6) is 5.75 Å². The largest absolute Gasteiger partial charge is 0.496 e. The molecule has 0 radical (unpaired) electrons. The number of carbonyl (C=O) groups is 4. The lowest BCUT2D eigenvalue weighted by molar-refractivity contribution is -0.133. The van der Waals surface area contributed by atoms with Crippen LogP contribution >= 0.6 is 11.6 Å². The number of aromatic carboxylic acids is 1. The molecule has 0 spiro atoms. The lowest BCUT2D eigenvalue weighted by Gasteiger charge is -2.25. The Labute approximate surface area is 206 Å². The summed E-state index contributed by atoms with van der Waals surface area (Å²) < 4.78 is 19.5. The van der Waals surface area contributed by atoms with Gasteiger partial charge in [-0.05, 0) is 54.3 Å². The number of rotatable bonds is 7. The molecular weight excluding hydrogens is 481 g/mol. The third-order valence-electron chi connectivity index (χ3n) is 5.75. The number of ether oxygens (including phenoxy) is 1. The second-order valence-electron chi connectivity index (χ2n) is 8.04. The highest BCUT2D eigenvalue weighted by Gasteiger charge is 2.35. The van der Waals surface area contributed by atoms with Crippen LogP contribution in [0.4, 0.5) is 9.18 Å². The lowest BCUT2D eigenvalue weighted by Crippen LogP contribution is -2.48. The maximum Gasteiger partial charge on any atom is 0.338 e. The van der Waals surface area contributed by atoms with Crippen molar-refractivity contribution >= 4 is 35.4 Å². The molecule has 1 aliphatic heterocycles. The number of benzene rings is 2. The molecule has 2 aromatic rings. The molecular formula is C24H25ClFN3O6. The van der Waals surface area contributed by atoms with Crippen molar-refractivity contribution < 1.29 is 33.4 Å². The third-order valence-corrected chi connectivity index (χ3v) is 5.98. The molecule has 1 heterocycles. The van der Waals surface area contributed by atoms with Crippen molar-refractivity contribution in [2.45, 2.75) is 25.8 Å². The van der Waals surface area contributed by atoms with Crippen molar-refractivity contribution in [2.24, 2.45) is 5.92 Å². The first kappa shape index (κ1) is 26.0. The van der Waals surface area contributed by atoms with Crippen LogP contribution in [0.25, 0.3) is 0 Å². The van der Waals surface area contributed by atoms with E-state index < -0.39 is 53.7 Å². The number of nitrogens with zero attached hydrogens (tertiary/aromatic N) is 1. The van der Waals surface area contributed by atoms with E-state index in [-0.39, 0.29) is 13.0 Å². The molecule has 0 unspecified atom stereocenters. The van der Waals surface area contributed by atoms with E-state index in [1.165, 1.54) is 13.2 Å². The fraction of sp³-hybridized carbons (Fsp3) is 0.333. The van der Waals surface area contributed by atoms with Gasteiger partial charge in [-0.3, -0.25) is 14.5 Å². The molecule has 2 atom stereocenters. The zero-order chi connectivity index (χ0) is 25.7. The van der Waals surface area contributed by atoms with Crippen molar-refractivity contribution in [2.75, 3.05) is 20.2 Å². The van der Waals surface area contributed by atoms with Gasteiger partial charge in [-0.1, -0.05) is 24.6 Å². The van der Waals surface area contributed by atoms with E-state index >= 15 is 0 Å². The Kier molecular flexibility index (Phi) is 8.29. The number of halogens is 2. The van der Waals surface area contributed by atoms with Gasteiger partial charge in [-0.25, -0.2) is 14.0 Å². The van der Waals surface area contributed by atoms with E-state index in [1.54, 1.807) is 25.1 Å². The van der Waals surface area contributed by atoms with Crippen molar-refractivity contribution in [3.63, 3.8) is 0 Å². The monoisotopic (exact) mass is 505 g/mol. The summed E-state index contributed by atoms with van der Waals surface area (Å²) in [5.74, 6) is -3.65. The first-order valence-corrected chi connectivity index (χ1v) is 11.3. The minimum absolute atomic E-state index is 0.0240. The number of urea groups is 1. The fourth-order valence-electron chi connectivity index (χ4n) is 3.90. The molecule has 0 aliphatic carbocycles. The van der Waals surface area contributed by atoms with Crippen molar-refractivity contribution in [3.8, 4) is 5.75 Å². The predicted molar refractivity (Wildman–Crippen MR) is 125 cm³/mol. The summed E-state index contributed by atoms with van der Waals surface area (Å²) in [6.07, 6.45) is 0.501. The molecule has 11 heteroatoms. The van der Waals surface area contributed by atoms with Crippen molar-refractivity contribution in [1.29, 1.82) is 0 Å². The van der Waals surface area contributed by atoms with E-state index in [2.05, 4.69) is 10.6 Å². The summed E-state index contributed by atoms with van der Waals surface area (Å²) in [6.45, 7) is 1.28. The predicted octanol–water partition coefficient (Wildman–Crippen LogP) is 3.16. The zero-order valence-electron chi connectivity index (χ0n) is 19.1. The molecule has 35 heavy (non-hydrogen) atoms. The molecule has 1 aliphatic rings. The average Bonchev–Trinajstić information content (AvgIpc) is 2.96. The smallest absolute Gasteiger partial charge is 0.338 e. The molecule has 1 fully saturated rings. The standard InChI is InChI=1S/C24H25ClFN3O6/c1-3-19(13-4-6-17(23(32)33)18(26)10-13)28-24(34)29-12-21(30)27-11-15(22(29)31)8-14-9-16(25)5-7-20(14)35-2/h4-7,9-10,15,19H,3,8,11-12H2,1-2H3,(H,27,30)(H,28,34)(H,32,33)/t15-,19-/m1/s1. The Morgan fingerprint density at radius 2 is 2.03 bits per heavy atom. The molecule has 3 N–H and O–H groups in total. The van der Waals surface area contributed by atoms with Gasteiger partial charge >= 0.3 is 12.0 Å². The molecule has 0 aromatic heterocycles. The van der Waals surface area contributed by atoms with Gasteiger partial charge in [0.2, 0.25) is 11.8 Å². The minimum atomic E-state index is -1.41. The summed E-state index contributed by atoms with van der Waals surface area (Å²) in [5, 5.41) is 14.8. The van der Waals surface area contributed by atoms with Crippen molar-refractivity contribution in [1.82, 2.24) is 15.5 Å². The number of carboxylic acids is 1. The summed E-state index contributed by atoms with van der Waals surface area (Å²) in [7, 11) is 1.49. The second kappa shape index (κ2) is 11.2. The topological polar surface area (TPSA) is 125 Å². The van der Waals surface area contributed by atoms with Crippen LogP contribution in [-0.4, -0.2) is 54.0 Å². The van der Waals surface area contributed by atoms with Gasteiger partial charge in [0.1, 0.15) is 18.1 Å². The van der Waals surface area contributed by atoms with Gasteiger partial charge in [0, 0.05) is 11.6 Å². The SMILES string of the molecule is CC[C@@H](NC(=O)N1CC(=O)NC[C@@H](Cc2cc(Cl)ccc2OC)C1=O)c1ccc(C(=O)O)c(F)c1. The van der Waals surface area contributed by atoms with Gasteiger partial charge < -0.3 is 20.5 Å². The van der Waals surface area contributed by atoms with Gasteiger partial charge in [-0.2, -0.15) is 0 Å². The molecule has 1 saturated heterocycles. The van der Waals surface area contributed by atoms with Gasteiger partial charge in [-0.15, -0.1) is 0 Å². The van der Waals surface area contributed by atoms with Crippen LogP contribution in [0.1, 0.15) is 40.9 Å². The molecule has 2 aromatic carbocycles. The van der Waals surface area contributed by atoms with Crippen LogP contribution in [0, 0.1) is 11.7 Å². The third kappa shape index (κ3) is 6.07. The van der Waals surface area contributed by atoms with Crippen LogP contribution < -0.4 is 15.4 Å². The van der Waals surface area contributed by atoms with E-state index in [9.17, 15) is 23.6 Å². The molecule has 3 rings (SSSR count). The Balaban J connectivity index is 1.81. The summed E-state index contributed by atoms with van der Waals surface area (Å²) in [6, 6.07) is 6.98. The Bertz CT molecular complexity index is 1160. The Morgan fingerprint density at radius 3 is 2.66 bits per heavy atom. The maximum atomic E-state index is 14.2. The minimum Gasteiger partial charge on any atom is -0.496 e. The molecule has 9 nitrogen and oxygen atoms in total. The highest BCUT2D eigenvalue weighted by atomic mass is 35.5. The number of methoxy groups -OCH3 is 1. The fourth-order valence-corrected chi connectivity index (χ4v) is 4.09. The van der Waals surface area contributed by atoms with Gasteiger partial charge in [0.25, 0.3) is 0 Å². The highest BCUT2D eigenvalue weighted by molar-refractivity contribution is 6.30. The quantitative estimate of drug-likeness (QED) is 0.531. The number of amides is 4. The van der Waals surface area contributed by atoms with Crippen LogP contribution in [0.15, 0.2) is 36.4 Å². The van der Waals surface area contributed by atoms with Crippen LogP contribution in [0.3, 0.4) is 0 Å². The average molecular weight is 506 g/mol. The lowest BCUT2D eigenvalue weighted by atomic mass is 9.97. The molecule has 0 saturated carbocycles. The molecule has 0 bridgehead atoms. The molecule has 4 amide bonds. The van der Waals surface area contributed by atoms with Crippen molar-refractivity contribution in [3.05, 3.63) is 63.9 Å². The van der Waals surface area contributed by atoms with E-state index in [4.69, 9.17) is 21.4 Å². The van der Waals surface area contributed by atoms with E-state index in [0.717, 1.165) is 17.0 Å². The molecule has 186 valence electrons. The highest BCUT2D eigenvalue weighted by Crippen LogP contribution is 2.27. The summed E-state index contributed by atoms with van der Waals surface area (Å²) in [4.78, 5) is 50.5. The first-order chi connectivity index (χ1) is 16.6. The van der Waals surface area contributed by atoms with Crippen LogP contribution in [0.2, 0.25) is 5.02 Å². The summed E-state index contributed by atoms with van der Waals surface area (Å²) >= 11 is 6.09. The second-order valence-corrected chi connectivity index (χ2v) is 8.48. The van der Waals surface area contributed by atoms with Crippen LogP contribution in [-0.2, 0) is 16.0 Å². The number of hydrogen-bond donors (Lipinski definition) is 3. The number of carbonyl (C=O) groups excluding carboxylic acids is 3. The summed E-state index contributed by atoms with van der Waals surface area (Å²) in [5.41, 5.74) is 0.485. The number of carboxylic acid groups (broad SMARTS) is 1. The number of nitrogens with one attached hydrogen (secondary N) is 2. The van der Waals surface area contributed by atoms with E-state index in [1.807, 2.05) is 0 Å². The zero-order valence-corrected chi connectivity index (χ0v) is 19.9. The Morgan fingerprint density at radius 1 is 1.29 bits per heavy atom. The number of hydrogen-bond acceptors (Lipinski definition) is 5. The first-order valence-electron chi connectivity index (χ1n) is 10.9. The Hall–Kier alpha value is -3.66.